The van der Waals surface area contributed by atoms with Crippen molar-refractivity contribution in [1.29, 1.82) is 0 Å². The van der Waals surface area contributed by atoms with Crippen molar-refractivity contribution in [3.63, 3.8) is 0 Å². The average Bonchev–Trinajstić information content (AvgIpc) is 2.18. The third-order valence-corrected chi connectivity index (χ3v) is 1.95. The van der Waals surface area contributed by atoms with Crippen LogP contribution in [-0.2, 0) is 11.2 Å². The Kier molecular flexibility index (Phi) is 3.62. The minimum atomic E-state index is -1.55. The second-order valence-corrected chi connectivity index (χ2v) is 2.99. The third-order valence-electron chi connectivity index (χ3n) is 1.95. The normalized spacial score (nSPS) is 12.2. The fourth-order valence-electron chi connectivity index (χ4n) is 1.24. The highest BCUT2D eigenvalue weighted by molar-refractivity contribution is 5.72. The average molecular weight is 214 g/mol. The molecule has 0 aliphatic heterocycles. The van der Waals surface area contributed by atoms with E-state index >= 15 is 0 Å². The molecule has 0 aromatic heterocycles. The first-order valence-corrected chi connectivity index (χ1v) is 4.28. The van der Waals surface area contributed by atoms with E-state index in [-0.39, 0.29) is 12.2 Å². The van der Waals surface area contributed by atoms with Gasteiger partial charge in [0.15, 0.2) is 17.7 Å². The number of carbonyl (C=O) groups is 1. The number of aliphatic hydroxyl groups excluding tert-OH is 1. The van der Waals surface area contributed by atoms with Crippen molar-refractivity contribution in [3.8, 4) is 5.75 Å². The number of halogens is 1. The van der Waals surface area contributed by atoms with Crippen molar-refractivity contribution < 1.29 is 24.1 Å². The number of carboxylic acid groups (broad SMARTS) is 1. The van der Waals surface area contributed by atoms with Crippen LogP contribution in [0.4, 0.5) is 4.39 Å². The van der Waals surface area contributed by atoms with Crippen molar-refractivity contribution in [2.24, 2.45) is 0 Å². The Morgan fingerprint density at radius 2 is 2.27 bits per heavy atom. The molecule has 0 aliphatic rings. The number of para-hydroxylation sites is 1. The van der Waals surface area contributed by atoms with E-state index in [4.69, 9.17) is 14.9 Å². The predicted octanol–water partition coefficient (Wildman–Crippen LogP) is 0.822. The maximum Gasteiger partial charge on any atom is 0.332 e. The number of carboxylic acids is 1. The minimum absolute atomic E-state index is 0.0298. The second-order valence-electron chi connectivity index (χ2n) is 2.99. The van der Waals surface area contributed by atoms with Crippen molar-refractivity contribution in [1.82, 2.24) is 0 Å². The number of rotatable bonds is 4. The van der Waals surface area contributed by atoms with E-state index in [2.05, 4.69) is 0 Å². The summed E-state index contributed by atoms with van der Waals surface area (Å²) >= 11 is 0. The van der Waals surface area contributed by atoms with Crippen LogP contribution in [0.1, 0.15) is 5.56 Å². The maximum atomic E-state index is 13.1. The van der Waals surface area contributed by atoms with Gasteiger partial charge < -0.3 is 14.9 Å². The summed E-state index contributed by atoms with van der Waals surface area (Å²) in [7, 11) is 1.29. The number of hydrogen-bond donors (Lipinski definition) is 2. The van der Waals surface area contributed by atoms with Crippen LogP contribution in [0.25, 0.3) is 0 Å². The van der Waals surface area contributed by atoms with E-state index in [1.54, 1.807) is 0 Å². The zero-order chi connectivity index (χ0) is 11.4. The highest BCUT2D eigenvalue weighted by Gasteiger charge is 2.17. The Bertz CT molecular complexity index is 364. The summed E-state index contributed by atoms with van der Waals surface area (Å²) < 4.78 is 17.9. The molecular weight excluding hydrogens is 203 g/mol. The Hall–Kier alpha value is -1.62. The topological polar surface area (TPSA) is 66.8 Å². The van der Waals surface area contributed by atoms with Gasteiger partial charge >= 0.3 is 5.97 Å². The summed E-state index contributed by atoms with van der Waals surface area (Å²) in [6.45, 7) is 0. The predicted molar refractivity (Wildman–Crippen MR) is 50.3 cm³/mol. The summed E-state index contributed by atoms with van der Waals surface area (Å²) in [6, 6.07) is 4.14. The zero-order valence-electron chi connectivity index (χ0n) is 8.11. The lowest BCUT2D eigenvalue weighted by atomic mass is 10.1. The van der Waals surface area contributed by atoms with Gasteiger partial charge in [-0.05, 0) is 6.07 Å². The molecule has 0 saturated carbocycles. The van der Waals surface area contributed by atoms with Gasteiger partial charge in [-0.3, -0.25) is 0 Å². The Morgan fingerprint density at radius 1 is 1.60 bits per heavy atom. The van der Waals surface area contributed by atoms with Crippen LogP contribution >= 0.6 is 0 Å². The number of benzene rings is 1. The summed E-state index contributed by atoms with van der Waals surface area (Å²) in [6.07, 6.45) is -1.74. The first-order valence-electron chi connectivity index (χ1n) is 4.28. The SMILES string of the molecule is COc1c(F)cccc1CC(O)C(=O)O. The number of aliphatic carboxylic acids is 1. The zero-order valence-corrected chi connectivity index (χ0v) is 8.11. The first-order chi connectivity index (χ1) is 7.06. The van der Waals surface area contributed by atoms with Gasteiger partial charge in [0.2, 0.25) is 0 Å². The fraction of sp³-hybridized carbons (Fsp3) is 0.300. The van der Waals surface area contributed by atoms with Crippen LogP contribution in [0.3, 0.4) is 0 Å². The Morgan fingerprint density at radius 3 is 2.80 bits per heavy atom. The van der Waals surface area contributed by atoms with Crippen molar-refractivity contribution in [3.05, 3.63) is 29.6 Å². The molecule has 15 heavy (non-hydrogen) atoms. The molecule has 2 N–H and O–H groups in total. The van der Waals surface area contributed by atoms with Gasteiger partial charge in [-0.25, -0.2) is 9.18 Å². The van der Waals surface area contributed by atoms with E-state index in [1.807, 2.05) is 0 Å². The van der Waals surface area contributed by atoms with Gasteiger partial charge in [0, 0.05) is 12.0 Å². The molecule has 1 atom stereocenters. The van der Waals surface area contributed by atoms with Crippen LogP contribution in [0.2, 0.25) is 0 Å². The van der Waals surface area contributed by atoms with Crippen molar-refractivity contribution >= 4 is 5.97 Å². The molecule has 1 aromatic carbocycles. The molecule has 0 aliphatic carbocycles. The highest BCUT2D eigenvalue weighted by Crippen LogP contribution is 2.23. The standard InChI is InChI=1S/C10H11FO4/c1-15-9-6(3-2-4-7(9)11)5-8(12)10(13)14/h2-4,8,12H,5H2,1H3,(H,13,14). The molecule has 4 nitrogen and oxygen atoms in total. The number of ether oxygens (including phenoxy) is 1. The summed E-state index contributed by atoms with van der Waals surface area (Å²) in [5.74, 6) is -1.95. The fourth-order valence-corrected chi connectivity index (χ4v) is 1.24. The van der Waals surface area contributed by atoms with E-state index in [0.29, 0.717) is 5.56 Å². The van der Waals surface area contributed by atoms with E-state index < -0.39 is 17.9 Å². The van der Waals surface area contributed by atoms with Crippen LogP contribution in [0.5, 0.6) is 5.75 Å². The highest BCUT2D eigenvalue weighted by atomic mass is 19.1. The molecular formula is C10H11FO4. The smallest absolute Gasteiger partial charge is 0.332 e. The van der Waals surface area contributed by atoms with E-state index in [1.165, 1.54) is 25.3 Å². The van der Waals surface area contributed by atoms with Crippen LogP contribution < -0.4 is 4.74 Å². The summed E-state index contributed by atoms with van der Waals surface area (Å²) in [5, 5.41) is 17.6. The molecule has 0 fully saturated rings. The molecule has 0 radical (unpaired) electrons. The molecule has 0 heterocycles. The molecule has 5 heteroatoms. The van der Waals surface area contributed by atoms with E-state index in [0.717, 1.165) is 0 Å². The molecule has 1 aromatic rings. The van der Waals surface area contributed by atoms with Gasteiger partial charge in [-0.2, -0.15) is 0 Å². The van der Waals surface area contributed by atoms with Gasteiger partial charge in [0.05, 0.1) is 7.11 Å². The van der Waals surface area contributed by atoms with Gasteiger partial charge in [-0.15, -0.1) is 0 Å². The minimum Gasteiger partial charge on any atom is -0.493 e. The number of methoxy groups -OCH3 is 1. The molecule has 0 bridgehead atoms. The third kappa shape index (κ3) is 2.66. The number of hydrogen-bond acceptors (Lipinski definition) is 3. The molecule has 0 saturated heterocycles. The monoisotopic (exact) mass is 214 g/mol. The van der Waals surface area contributed by atoms with E-state index in [9.17, 15) is 9.18 Å². The molecule has 1 rings (SSSR count). The quantitative estimate of drug-likeness (QED) is 0.778. The van der Waals surface area contributed by atoms with Crippen LogP contribution in [-0.4, -0.2) is 29.4 Å². The van der Waals surface area contributed by atoms with Crippen LogP contribution in [0, 0.1) is 5.82 Å². The molecule has 0 amide bonds. The van der Waals surface area contributed by atoms with Crippen molar-refractivity contribution in [2.45, 2.75) is 12.5 Å². The largest absolute Gasteiger partial charge is 0.493 e. The van der Waals surface area contributed by atoms with Crippen molar-refractivity contribution in [2.75, 3.05) is 7.11 Å². The second kappa shape index (κ2) is 4.75. The lowest BCUT2D eigenvalue weighted by Crippen LogP contribution is -2.22. The lowest BCUT2D eigenvalue weighted by Gasteiger charge is -2.10. The summed E-state index contributed by atoms with van der Waals surface area (Å²) in [5.41, 5.74) is 0.326. The Balaban J connectivity index is 2.94. The van der Waals surface area contributed by atoms with Crippen LogP contribution in [0.15, 0.2) is 18.2 Å². The van der Waals surface area contributed by atoms with Gasteiger partial charge in [-0.1, -0.05) is 12.1 Å². The molecule has 1 unspecified atom stereocenters. The first kappa shape index (κ1) is 11.5. The Labute approximate surface area is 85.9 Å². The summed E-state index contributed by atoms with van der Waals surface area (Å²) in [4.78, 5) is 10.4. The molecule has 82 valence electrons. The van der Waals surface area contributed by atoms with Gasteiger partial charge in [0.25, 0.3) is 0 Å². The molecule has 0 spiro atoms. The number of aliphatic hydroxyl groups is 1. The maximum absolute atomic E-state index is 13.1. The van der Waals surface area contributed by atoms with Gasteiger partial charge in [0.1, 0.15) is 0 Å². The lowest BCUT2D eigenvalue weighted by molar-refractivity contribution is -0.146.